The lowest BCUT2D eigenvalue weighted by molar-refractivity contribution is -0.221. The summed E-state index contributed by atoms with van der Waals surface area (Å²) < 4.78 is 5.79. The molecule has 2 saturated carbocycles. The fourth-order valence-corrected chi connectivity index (χ4v) is 6.40. The number of hydrogen-bond donors (Lipinski definition) is 1. The van der Waals surface area contributed by atoms with Gasteiger partial charge >= 0.3 is 5.97 Å². The number of fused-ring (bicyclic) bond motifs is 2. The lowest BCUT2D eigenvalue weighted by Crippen LogP contribution is -2.74. The molecule has 4 nitrogen and oxygen atoms in total. The Morgan fingerprint density at radius 2 is 2.35 bits per heavy atom. The molecule has 2 saturated heterocycles. The van der Waals surface area contributed by atoms with Gasteiger partial charge in [-0.2, -0.15) is 0 Å². The highest BCUT2D eigenvalue weighted by atomic mass is 16.5. The van der Waals surface area contributed by atoms with Crippen LogP contribution in [-0.4, -0.2) is 46.3 Å². The zero-order chi connectivity index (χ0) is 13.8. The minimum Gasteiger partial charge on any atom is -0.462 e. The van der Waals surface area contributed by atoms with E-state index in [0.717, 1.165) is 38.8 Å². The average molecular weight is 275 g/mol. The summed E-state index contributed by atoms with van der Waals surface area (Å²) in [4.78, 5) is 15.0. The zero-order valence-electron chi connectivity index (χ0n) is 11.8. The molecule has 3 aliphatic heterocycles. The number of carbonyl (C=O) groups excluding carboxylic acids is 1. The number of carbonyl (C=O) groups is 1. The van der Waals surface area contributed by atoms with Crippen LogP contribution in [0.5, 0.6) is 0 Å². The van der Waals surface area contributed by atoms with Gasteiger partial charge in [-0.3, -0.25) is 9.69 Å². The molecular weight excluding hydrogens is 254 g/mol. The quantitative estimate of drug-likeness (QED) is 0.531. The maximum atomic E-state index is 12.5. The molecule has 0 aromatic carbocycles. The Hall–Kier alpha value is -0.870. The Bertz CT molecular complexity index is 546. The van der Waals surface area contributed by atoms with Crippen LogP contribution in [0.3, 0.4) is 0 Å². The molecule has 4 fully saturated rings. The first-order chi connectivity index (χ1) is 9.52. The van der Waals surface area contributed by atoms with Gasteiger partial charge in [0.2, 0.25) is 0 Å². The molecule has 6 unspecified atom stereocenters. The van der Waals surface area contributed by atoms with Crippen molar-refractivity contribution in [2.24, 2.45) is 17.3 Å². The van der Waals surface area contributed by atoms with Gasteiger partial charge in [0.25, 0.3) is 0 Å². The summed E-state index contributed by atoms with van der Waals surface area (Å²) in [6.07, 6.45) is 7.98. The van der Waals surface area contributed by atoms with E-state index in [0.29, 0.717) is 5.92 Å². The van der Waals surface area contributed by atoms with Crippen LogP contribution in [0.2, 0.25) is 0 Å². The molecule has 6 atom stereocenters. The predicted molar refractivity (Wildman–Crippen MR) is 71.8 cm³/mol. The second-order valence-corrected chi connectivity index (χ2v) is 7.67. The van der Waals surface area contributed by atoms with Crippen molar-refractivity contribution in [2.75, 3.05) is 13.1 Å². The first-order valence-corrected chi connectivity index (χ1v) is 7.89. The zero-order valence-corrected chi connectivity index (χ0v) is 11.8. The van der Waals surface area contributed by atoms with E-state index in [9.17, 15) is 9.90 Å². The van der Waals surface area contributed by atoms with Crippen molar-refractivity contribution >= 4 is 5.97 Å². The van der Waals surface area contributed by atoms with Gasteiger partial charge in [-0.15, -0.1) is 0 Å². The molecular formula is C16H21NO3. The van der Waals surface area contributed by atoms with Crippen molar-refractivity contribution in [3.63, 3.8) is 0 Å². The third-order valence-corrected chi connectivity index (χ3v) is 7.09. The predicted octanol–water partition coefficient (Wildman–Crippen LogP) is 1.09. The van der Waals surface area contributed by atoms with Gasteiger partial charge in [0.15, 0.2) is 0 Å². The fourth-order valence-electron chi connectivity index (χ4n) is 6.40. The van der Waals surface area contributed by atoms with Gasteiger partial charge in [0, 0.05) is 18.4 Å². The number of ether oxygens (including phenoxy) is 1. The molecule has 1 N–H and O–H groups in total. The minimum absolute atomic E-state index is 0.0228. The summed E-state index contributed by atoms with van der Waals surface area (Å²) in [5.74, 6) is 0.254. The average Bonchev–Trinajstić information content (AvgIpc) is 2.50. The Morgan fingerprint density at radius 1 is 1.50 bits per heavy atom. The number of nitrogens with zero attached hydrogens (tertiary/aromatic N) is 1. The largest absolute Gasteiger partial charge is 0.462 e. The van der Waals surface area contributed by atoms with Gasteiger partial charge in [-0.05, 0) is 39.2 Å². The van der Waals surface area contributed by atoms with Crippen molar-refractivity contribution in [3.8, 4) is 0 Å². The summed E-state index contributed by atoms with van der Waals surface area (Å²) in [6.45, 7) is 3.96. The molecule has 0 radical (unpaired) electrons. The monoisotopic (exact) mass is 275 g/mol. The van der Waals surface area contributed by atoms with Crippen LogP contribution in [0.4, 0.5) is 0 Å². The number of rotatable bonds is 0. The number of aliphatic hydroxyl groups is 1. The number of esters is 1. The van der Waals surface area contributed by atoms with Crippen LogP contribution in [0.25, 0.3) is 0 Å². The van der Waals surface area contributed by atoms with E-state index >= 15 is 0 Å². The normalized spacial score (nSPS) is 59.5. The molecule has 0 aromatic heterocycles. The molecule has 5 rings (SSSR count). The van der Waals surface area contributed by atoms with E-state index in [1.54, 1.807) is 0 Å². The summed E-state index contributed by atoms with van der Waals surface area (Å²) in [5.41, 5.74) is -1.60. The number of hydrogen-bond acceptors (Lipinski definition) is 4. The Kier molecular flexibility index (Phi) is 1.85. The van der Waals surface area contributed by atoms with Crippen LogP contribution < -0.4 is 0 Å². The molecule has 3 bridgehead atoms. The van der Waals surface area contributed by atoms with Crippen LogP contribution in [0.1, 0.15) is 32.6 Å². The Balaban J connectivity index is 1.81. The lowest BCUT2D eigenvalue weighted by Gasteiger charge is -2.63. The van der Waals surface area contributed by atoms with E-state index in [4.69, 9.17) is 4.74 Å². The second kappa shape index (κ2) is 3.14. The van der Waals surface area contributed by atoms with E-state index in [-0.39, 0.29) is 23.5 Å². The third-order valence-electron chi connectivity index (χ3n) is 7.09. The van der Waals surface area contributed by atoms with Crippen molar-refractivity contribution in [1.29, 1.82) is 0 Å². The lowest BCUT2D eigenvalue weighted by atomic mass is 9.56. The molecule has 1 spiro atoms. The van der Waals surface area contributed by atoms with E-state index < -0.39 is 11.0 Å². The first kappa shape index (κ1) is 11.8. The van der Waals surface area contributed by atoms with Crippen LogP contribution in [-0.2, 0) is 9.53 Å². The maximum absolute atomic E-state index is 12.5. The topological polar surface area (TPSA) is 49.8 Å². The summed E-state index contributed by atoms with van der Waals surface area (Å²) >= 11 is 0. The highest BCUT2D eigenvalue weighted by Gasteiger charge is 2.80. The van der Waals surface area contributed by atoms with Crippen molar-refractivity contribution < 1.29 is 14.6 Å². The molecule has 5 aliphatic rings. The molecule has 0 aromatic rings. The first-order valence-electron chi connectivity index (χ1n) is 7.89. The molecule has 4 heteroatoms. The summed E-state index contributed by atoms with van der Waals surface area (Å²) in [5, 5.41) is 11.6. The van der Waals surface area contributed by atoms with Gasteiger partial charge in [-0.25, -0.2) is 0 Å². The van der Waals surface area contributed by atoms with Crippen LogP contribution >= 0.6 is 0 Å². The van der Waals surface area contributed by atoms with E-state index in [1.165, 1.54) is 0 Å². The van der Waals surface area contributed by atoms with Gasteiger partial charge in [-0.1, -0.05) is 12.2 Å². The van der Waals surface area contributed by atoms with Crippen molar-refractivity contribution in [2.45, 2.75) is 49.9 Å². The third kappa shape index (κ3) is 0.933. The highest BCUT2D eigenvalue weighted by Crippen LogP contribution is 2.70. The minimum atomic E-state index is -0.832. The highest BCUT2D eigenvalue weighted by molar-refractivity contribution is 5.80. The SMILES string of the molecule is CC12CC34C5CCCN3CC=CC4(O)C1CC5OC2=O. The molecule has 3 heterocycles. The maximum Gasteiger partial charge on any atom is 0.312 e. The van der Waals surface area contributed by atoms with Crippen LogP contribution in [0, 0.1) is 17.3 Å². The van der Waals surface area contributed by atoms with Crippen molar-refractivity contribution in [1.82, 2.24) is 4.90 Å². The Morgan fingerprint density at radius 3 is 3.20 bits per heavy atom. The molecule has 2 aliphatic carbocycles. The summed E-state index contributed by atoms with van der Waals surface area (Å²) in [7, 11) is 0. The van der Waals surface area contributed by atoms with Gasteiger partial charge in [0.05, 0.1) is 11.0 Å². The van der Waals surface area contributed by atoms with Crippen molar-refractivity contribution in [3.05, 3.63) is 12.2 Å². The van der Waals surface area contributed by atoms with E-state index in [2.05, 4.69) is 11.0 Å². The molecule has 0 amide bonds. The van der Waals surface area contributed by atoms with E-state index in [1.807, 2.05) is 13.0 Å². The second-order valence-electron chi connectivity index (χ2n) is 7.67. The van der Waals surface area contributed by atoms with Gasteiger partial charge < -0.3 is 9.84 Å². The van der Waals surface area contributed by atoms with Crippen LogP contribution in [0.15, 0.2) is 12.2 Å². The summed E-state index contributed by atoms with van der Waals surface area (Å²) in [6, 6.07) is 0. The molecule has 20 heavy (non-hydrogen) atoms. The van der Waals surface area contributed by atoms with Gasteiger partial charge in [0.1, 0.15) is 11.7 Å². The number of piperidine rings is 1. The molecule has 108 valence electrons. The Labute approximate surface area is 118 Å². The fraction of sp³-hybridized carbons (Fsp3) is 0.812. The standard InChI is InChI=1S/C16H21NO3/c1-14-9-15-10-4-2-6-17(15)7-3-5-16(15,19)12(14)8-11(10)20-13(14)18/h3,5,10-12,19H,2,4,6-9H2,1H3. The smallest absolute Gasteiger partial charge is 0.312 e.